The number of esters is 2. The predicted octanol–water partition coefficient (Wildman–Crippen LogP) is 0.760. The molecule has 0 aromatic heterocycles. The highest BCUT2D eigenvalue weighted by Crippen LogP contribution is 2.08. The molecule has 1 atom stereocenters. The molecule has 0 aliphatic rings. The van der Waals surface area contributed by atoms with E-state index < -0.39 is 35.8 Å². The number of ether oxygens (including phenoxy) is 2. The van der Waals surface area contributed by atoms with Gasteiger partial charge in [0.1, 0.15) is 11.7 Å². The Labute approximate surface area is 99.2 Å². The van der Waals surface area contributed by atoms with Crippen LogP contribution in [0.4, 0.5) is 0 Å². The van der Waals surface area contributed by atoms with Crippen LogP contribution in [0, 0.1) is 5.92 Å². The van der Waals surface area contributed by atoms with E-state index >= 15 is 0 Å². The van der Waals surface area contributed by atoms with E-state index in [0.717, 1.165) is 13.2 Å². The molecule has 1 unspecified atom stereocenters. The minimum absolute atomic E-state index is 0.181. The van der Waals surface area contributed by atoms with Gasteiger partial charge >= 0.3 is 11.9 Å². The number of aliphatic hydroxyl groups is 1. The molecule has 17 heavy (non-hydrogen) atoms. The van der Waals surface area contributed by atoms with Crippen molar-refractivity contribution in [2.45, 2.75) is 20.3 Å². The lowest BCUT2D eigenvalue weighted by atomic mass is 10.0. The van der Waals surface area contributed by atoms with Crippen LogP contribution < -0.4 is 0 Å². The number of Topliss-reactive ketones (excluding diaryl/α,β-unsaturated/α-hetero) is 1. The molecule has 1 N–H and O–H groups in total. The van der Waals surface area contributed by atoms with Gasteiger partial charge in [-0.2, -0.15) is 0 Å². The van der Waals surface area contributed by atoms with E-state index in [-0.39, 0.29) is 6.61 Å². The van der Waals surface area contributed by atoms with Crippen molar-refractivity contribution >= 4 is 17.7 Å². The van der Waals surface area contributed by atoms with Gasteiger partial charge in [-0.25, -0.2) is 4.79 Å². The summed E-state index contributed by atoms with van der Waals surface area (Å²) in [4.78, 5) is 33.4. The van der Waals surface area contributed by atoms with Crippen molar-refractivity contribution in [2.24, 2.45) is 5.92 Å². The fourth-order valence-corrected chi connectivity index (χ4v) is 0.976. The molecule has 0 saturated heterocycles. The van der Waals surface area contributed by atoms with Crippen LogP contribution in [0.25, 0.3) is 0 Å². The predicted molar refractivity (Wildman–Crippen MR) is 58.1 cm³/mol. The zero-order valence-corrected chi connectivity index (χ0v) is 10.1. The number of carbonyl (C=O) groups excluding carboxylic acids is 3. The Kier molecular flexibility index (Phi) is 6.62. The number of aliphatic hydroxyl groups excluding tert-OH is 1. The number of allylic oxidation sites excluding steroid dienone is 1. The maximum atomic E-state index is 11.5. The molecule has 0 heterocycles. The van der Waals surface area contributed by atoms with Gasteiger partial charge in [0, 0.05) is 0 Å². The number of carbonyl (C=O) groups is 3. The number of hydrogen-bond donors (Lipinski definition) is 1. The molecule has 6 nitrogen and oxygen atoms in total. The minimum atomic E-state index is -0.969. The Morgan fingerprint density at radius 1 is 1.35 bits per heavy atom. The molecule has 0 aromatic rings. The Morgan fingerprint density at radius 3 is 2.41 bits per heavy atom. The van der Waals surface area contributed by atoms with Crippen LogP contribution in [0.15, 0.2) is 11.8 Å². The lowest BCUT2D eigenvalue weighted by molar-refractivity contribution is -0.150. The van der Waals surface area contributed by atoms with Gasteiger partial charge in [0.2, 0.25) is 0 Å². The first-order valence-electron chi connectivity index (χ1n) is 5.09. The Hall–Kier alpha value is -1.85. The van der Waals surface area contributed by atoms with Crippen LogP contribution in [0.1, 0.15) is 20.3 Å². The summed E-state index contributed by atoms with van der Waals surface area (Å²) in [5.41, 5.74) is 0. The molecular weight excluding hydrogens is 228 g/mol. The second kappa shape index (κ2) is 7.43. The third kappa shape index (κ3) is 5.70. The van der Waals surface area contributed by atoms with Crippen molar-refractivity contribution in [3.05, 3.63) is 11.8 Å². The first-order valence-corrected chi connectivity index (χ1v) is 5.09. The number of rotatable bonds is 6. The van der Waals surface area contributed by atoms with Crippen molar-refractivity contribution < 1.29 is 29.0 Å². The van der Waals surface area contributed by atoms with Crippen molar-refractivity contribution in [3.63, 3.8) is 0 Å². The van der Waals surface area contributed by atoms with Crippen LogP contribution in [0.3, 0.4) is 0 Å². The maximum absolute atomic E-state index is 11.5. The standard InChI is InChI=1S/C11H16O6/c1-4-17-11(15)7(2)9(13)5-8(12)6-10(14)16-3/h6-7,12H,4-5H2,1-3H3/b8-6-. The average Bonchev–Trinajstić information content (AvgIpc) is 2.27. The van der Waals surface area contributed by atoms with Gasteiger partial charge in [-0.3, -0.25) is 9.59 Å². The highest BCUT2D eigenvalue weighted by atomic mass is 16.5. The molecule has 0 rings (SSSR count). The Bertz CT molecular complexity index is 331. The Balaban J connectivity index is 4.39. The first-order chi connectivity index (χ1) is 7.92. The first kappa shape index (κ1) is 15.2. The molecule has 0 bridgehead atoms. The lowest BCUT2D eigenvalue weighted by Gasteiger charge is -2.08. The van der Waals surface area contributed by atoms with Gasteiger partial charge in [-0.1, -0.05) is 0 Å². The monoisotopic (exact) mass is 244 g/mol. The van der Waals surface area contributed by atoms with E-state index in [1.165, 1.54) is 6.92 Å². The summed E-state index contributed by atoms with van der Waals surface area (Å²) in [7, 11) is 1.15. The van der Waals surface area contributed by atoms with E-state index in [0.29, 0.717) is 0 Å². The topological polar surface area (TPSA) is 89.9 Å². The summed E-state index contributed by atoms with van der Waals surface area (Å²) in [6.45, 7) is 3.19. The van der Waals surface area contributed by atoms with Gasteiger partial charge in [-0.15, -0.1) is 0 Å². The molecule has 0 fully saturated rings. The largest absolute Gasteiger partial charge is 0.512 e. The Morgan fingerprint density at radius 2 is 1.94 bits per heavy atom. The van der Waals surface area contributed by atoms with Crippen LogP contribution >= 0.6 is 0 Å². The van der Waals surface area contributed by atoms with E-state index in [1.54, 1.807) is 6.92 Å². The lowest BCUT2D eigenvalue weighted by Crippen LogP contribution is -2.23. The summed E-state index contributed by atoms with van der Waals surface area (Å²) >= 11 is 0. The van der Waals surface area contributed by atoms with Crippen molar-refractivity contribution in [3.8, 4) is 0 Å². The van der Waals surface area contributed by atoms with Crippen LogP contribution in [-0.2, 0) is 23.9 Å². The van der Waals surface area contributed by atoms with E-state index in [1.807, 2.05) is 0 Å². The molecule has 0 spiro atoms. The zero-order chi connectivity index (χ0) is 13.4. The normalized spacial score (nSPS) is 12.8. The van der Waals surface area contributed by atoms with Crippen LogP contribution in [-0.4, -0.2) is 36.5 Å². The smallest absolute Gasteiger partial charge is 0.333 e. The molecule has 0 radical (unpaired) electrons. The van der Waals surface area contributed by atoms with Gasteiger partial charge in [-0.05, 0) is 13.8 Å². The second-order valence-electron chi connectivity index (χ2n) is 3.28. The summed E-state index contributed by atoms with van der Waals surface area (Å²) in [5.74, 6) is -3.36. The molecule has 0 saturated carbocycles. The van der Waals surface area contributed by atoms with Crippen LogP contribution in [0.5, 0.6) is 0 Å². The van der Waals surface area contributed by atoms with Crippen molar-refractivity contribution in [2.75, 3.05) is 13.7 Å². The maximum Gasteiger partial charge on any atom is 0.333 e. The molecule has 0 aromatic carbocycles. The quantitative estimate of drug-likeness (QED) is 0.321. The molecule has 6 heteroatoms. The number of hydrogen-bond acceptors (Lipinski definition) is 6. The highest BCUT2D eigenvalue weighted by Gasteiger charge is 2.23. The third-order valence-corrected chi connectivity index (χ3v) is 1.96. The van der Waals surface area contributed by atoms with Gasteiger partial charge < -0.3 is 14.6 Å². The minimum Gasteiger partial charge on any atom is -0.512 e. The average molecular weight is 244 g/mol. The zero-order valence-electron chi connectivity index (χ0n) is 10.1. The summed E-state index contributed by atoms with van der Waals surface area (Å²) < 4.78 is 8.93. The second-order valence-corrected chi connectivity index (χ2v) is 3.28. The molecule has 0 aliphatic carbocycles. The number of methoxy groups -OCH3 is 1. The third-order valence-electron chi connectivity index (χ3n) is 1.96. The summed E-state index contributed by atoms with van der Waals surface area (Å²) in [6.07, 6.45) is 0.380. The van der Waals surface area contributed by atoms with Crippen molar-refractivity contribution in [1.82, 2.24) is 0 Å². The molecular formula is C11H16O6. The molecule has 96 valence electrons. The fraction of sp³-hybridized carbons (Fsp3) is 0.545. The highest BCUT2D eigenvalue weighted by molar-refractivity contribution is 5.99. The SMILES string of the molecule is CCOC(=O)C(C)C(=O)C/C(O)=C/C(=O)OC. The van der Waals surface area contributed by atoms with E-state index in [2.05, 4.69) is 9.47 Å². The van der Waals surface area contributed by atoms with Crippen molar-refractivity contribution in [1.29, 1.82) is 0 Å². The number of ketones is 1. The van der Waals surface area contributed by atoms with Gasteiger partial charge in [0.25, 0.3) is 0 Å². The summed E-state index contributed by atoms with van der Waals surface area (Å²) in [5, 5.41) is 9.27. The molecule has 0 amide bonds. The summed E-state index contributed by atoms with van der Waals surface area (Å²) in [6, 6.07) is 0. The van der Waals surface area contributed by atoms with Gasteiger partial charge in [0.05, 0.1) is 26.2 Å². The fourth-order valence-electron chi connectivity index (χ4n) is 0.976. The van der Waals surface area contributed by atoms with E-state index in [9.17, 15) is 19.5 Å². The van der Waals surface area contributed by atoms with Crippen LogP contribution in [0.2, 0.25) is 0 Å². The van der Waals surface area contributed by atoms with E-state index in [4.69, 9.17) is 0 Å². The van der Waals surface area contributed by atoms with Gasteiger partial charge in [0.15, 0.2) is 5.78 Å². The molecule has 0 aliphatic heterocycles.